The largest absolute Gasteiger partial charge is 0.454 e. The maximum Gasteiger partial charge on any atom is 0.333 e. The molecule has 0 aromatic heterocycles. The summed E-state index contributed by atoms with van der Waals surface area (Å²) in [5, 5.41) is 0. The van der Waals surface area contributed by atoms with Crippen LogP contribution in [0.3, 0.4) is 0 Å². The molecule has 0 amide bonds. The molecule has 1 atom stereocenters. The minimum Gasteiger partial charge on any atom is -0.454 e. The molecule has 0 heterocycles. The van der Waals surface area contributed by atoms with E-state index in [2.05, 4.69) is 6.58 Å². The molecule has 2 nitrogen and oxygen atoms in total. The molecule has 1 rings (SSSR count). The smallest absolute Gasteiger partial charge is 0.333 e. The highest BCUT2D eigenvalue weighted by Crippen LogP contribution is 2.16. The van der Waals surface area contributed by atoms with Gasteiger partial charge in [-0.2, -0.15) is 0 Å². The van der Waals surface area contributed by atoms with Crippen molar-refractivity contribution in [2.75, 3.05) is 0 Å². The monoisotopic (exact) mass is 190 g/mol. The highest BCUT2D eigenvalue weighted by Gasteiger charge is 2.10. The van der Waals surface area contributed by atoms with Gasteiger partial charge in [0.1, 0.15) is 6.10 Å². The van der Waals surface area contributed by atoms with Crippen molar-refractivity contribution < 1.29 is 9.53 Å². The lowest BCUT2D eigenvalue weighted by Crippen LogP contribution is -2.08. The summed E-state index contributed by atoms with van der Waals surface area (Å²) in [6.45, 7) is 7.01. The number of hydrogen-bond acceptors (Lipinski definition) is 2. The van der Waals surface area contributed by atoms with Crippen molar-refractivity contribution in [1.82, 2.24) is 0 Å². The van der Waals surface area contributed by atoms with Crippen LogP contribution in [0.2, 0.25) is 0 Å². The molecular formula is C12H14O2. The number of ether oxygens (including phenoxy) is 1. The molecule has 0 aliphatic heterocycles. The summed E-state index contributed by atoms with van der Waals surface area (Å²) in [5.41, 5.74) is 1.41. The van der Waals surface area contributed by atoms with E-state index in [-0.39, 0.29) is 12.1 Å². The van der Waals surface area contributed by atoms with Crippen LogP contribution in [0.25, 0.3) is 0 Å². The standard InChI is InChI=1S/C12H14O2/c1-9(2)12(13)14-10(3)11-7-5-4-6-8-11/h4-8,10H,1H2,2-3H3/t10-/m1/s1. The van der Waals surface area contributed by atoms with Crippen LogP contribution >= 0.6 is 0 Å². The third-order valence-corrected chi connectivity index (χ3v) is 1.90. The molecule has 14 heavy (non-hydrogen) atoms. The lowest BCUT2D eigenvalue weighted by molar-refractivity contribution is -0.143. The molecule has 2 heteroatoms. The van der Waals surface area contributed by atoms with E-state index in [1.807, 2.05) is 37.3 Å². The number of hydrogen-bond donors (Lipinski definition) is 0. The van der Waals surface area contributed by atoms with Crippen molar-refractivity contribution in [3.8, 4) is 0 Å². The zero-order chi connectivity index (χ0) is 10.6. The molecule has 0 radical (unpaired) electrons. The minimum absolute atomic E-state index is 0.222. The van der Waals surface area contributed by atoms with E-state index in [1.54, 1.807) is 6.92 Å². The second kappa shape index (κ2) is 4.61. The summed E-state index contributed by atoms with van der Waals surface area (Å²) in [7, 11) is 0. The van der Waals surface area contributed by atoms with Gasteiger partial charge in [0.2, 0.25) is 0 Å². The quantitative estimate of drug-likeness (QED) is 0.541. The number of esters is 1. The van der Waals surface area contributed by atoms with Crippen LogP contribution < -0.4 is 0 Å². The molecule has 0 aliphatic carbocycles. The van der Waals surface area contributed by atoms with E-state index in [4.69, 9.17) is 4.74 Å². The first kappa shape index (κ1) is 10.5. The summed E-state index contributed by atoms with van der Waals surface area (Å²) in [6, 6.07) is 9.62. The first-order chi connectivity index (χ1) is 6.61. The summed E-state index contributed by atoms with van der Waals surface area (Å²) in [5.74, 6) is -0.346. The van der Waals surface area contributed by atoms with Gasteiger partial charge >= 0.3 is 5.97 Å². The molecular weight excluding hydrogens is 176 g/mol. The normalized spacial score (nSPS) is 11.9. The minimum atomic E-state index is -0.346. The maximum atomic E-state index is 11.2. The van der Waals surface area contributed by atoms with Gasteiger partial charge in [-0.05, 0) is 19.4 Å². The molecule has 0 spiro atoms. The van der Waals surface area contributed by atoms with E-state index < -0.39 is 0 Å². The number of carbonyl (C=O) groups is 1. The van der Waals surface area contributed by atoms with Crippen molar-refractivity contribution in [2.24, 2.45) is 0 Å². The molecule has 0 saturated carbocycles. The fraction of sp³-hybridized carbons (Fsp3) is 0.250. The van der Waals surface area contributed by atoms with E-state index in [1.165, 1.54) is 0 Å². The van der Waals surface area contributed by atoms with Crippen LogP contribution in [0.4, 0.5) is 0 Å². The van der Waals surface area contributed by atoms with Crippen molar-refractivity contribution in [3.05, 3.63) is 48.0 Å². The van der Waals surface area contributed by atoms with Crippen LogP contribution in [-0.2, 0) is 9.53 Å². The second-order valence-corrected chi connectivity index (χ2v) is 3.24. The third-order valence-electron chi connectivity index (χ3n) is 1.90. The maximum absolute atomic E-state index is 11.2. The molecule has 0 aliphatic rings. The third kappa shape index (κ3) is 2.73. The van der Waals surface area contributed by atoms with Gasteiger partial charge in [-0.25, -0.2) is 4.79 Å². The number of rotatable bonds is 3. The number of benzene rings is 1. The van der Waals surface area contributed by atoms with Crippen molar-refractivity contribution in [1.29, 1.82) is 0 Å². The topological polar surface area (TPSA) is 26.3 Å². The van der Waals surface area contributed by atoms with Gasteiger partial charge in [0.05, 0.1) is 0 Å². The van der Waals surface area contributed by atoms with Crippen LogP contribution in [0.1, 0.15) is 25.5 Å². The fourth-order valence-electron chi connectivity index (χ4n) is 1.05. The zero-order valence-corrected chi connectivity index (χ0v) is 8.49. The Morgan fingerprint density at radius 1 is 1.36 bits per heavy atom. The van der Waals surface area contributed by atoms with Crippen LogP contribution in [0.5, 0.6) is 0 Å². The Morgan fingerprint density at radius 2 is 1.93 bits per heavy atom. The molecule has 0 bridgehead atoms. The summed E-state index contributed by atoms with van der Waals surface area (Å²) in [6.07, 6.45) is -0.222. The summed E-state index contributed by atoms with van der Waals surface area (Å²) < 4.78 is 5.16. The second-order valence-electron chi connectivity index (χ2n) is 3.24. The average Bonchev–Trinajstić information content (AvgIpc) is 2.19. The van der Waals surface area contributed by atoms with Gasteiger partial charge in [-0.3, -0.25) is 0 Å². The first-order valence-corrected chi connectivity index (χ1v) is 4.52. The van der Waals surface area contributed by atoms with Crippen LogP contribution in [-0.4, -0.2) is 5.97 Å². The lowest BCUT2D eigenvalue weighted by Gasteiger charge is -2.13. The highest BCUT2D eigenvalue weighted by molar-refractivity contribution is 5.87. The Bertz CT molecular complexity index is 327. The van der Waals surface area contributed by atoms with E-state index in [0.29, 0.717) is 5.57 Å². The Morgan fingerprint density at radius 3 is 2.43 bits per heavy atom. The zero-order valence-electron chi connectivity index (χ0n) is 8.49. The average molecular weight is 190 g/mol. The molecule has 0 fully saturated rings. The van der Waals surface area contributed by atoms with E-state index in [9.17, 15) is 4.79 Å². The summed E-state index contributed by atoms with van der Waals surface area (Å²) in [4.78, 5) is 11.2. The predicted molar refractivity (Wildman–Crippen MR) is 55.8 cm³/mol. The summed E-state index contributed by atoms with van der Waals surface area (Å²) >= 11 is 0. The van der Waals surface area contributed by atoms with Crippen LogP contribution in [0.15, 0.2) is 42.5 Å². The number of carbonyl (C=O) groups excluding carboxylic acids is 1. The van der Waals surface area contributed by atoms with Crippen molar-refractivity contribution in [2.45, 2.75) is 20.0 Å². The Kier molecular flexibility index (Phi) is 3.46. The van der Waals surface area contributed by atoms with Crippen molar-refractivity contribution >= 4 is 5.97 Å². The Hall–Kier alpha value is -1.57. The SMILES string of the molecule is C=C(C)C(=O)O[C@H](C)c1ccccc1. The molecule has 1 aromatic rings. The molecule has 1 aromatic carbocycles. The predicted octanol–water partition coefficient (Wildman–Crippen LogP) is 2.87. The highest BCUT2D eigenvalue weighted by atomic mass is 16.5. The molecule has 0 unspecified atom stereocenters. The van der Waals surface area contributed by atoms with Gasteiger partial charge in [0.15, 0.2) is 0 Å². The van der Waals surface area contributed by atoms with Gasteiger partial charge in [-0.1, -0.05) is 36.9 Å². The van der Waals surface area contributed by atoms with Gasteiger partial charge < -0.3 is 4.74 Å². The Balaban J connectivity index is 2.64. The van der Waals surface area contributed by atoms with Crippen molar-refractivity contribution in [3.63, 3.8) is 0 Å². The van der Waals surface area contributed by atoms with E-state index in [0.717, 1.165) is 5.56 Å². The van der Waals surface area contributed by atoms with Gasteiger partial charge in [0.25, 0.3) is 0 Å². The van der Waals surface area contributed by atoms with E-state index >= 15 is 0 Å². The van der Waals surface area contributed by atoms with Crippen LogP contribution in [0, 0.1) is 0 Å². The molecule has 0 N–H and O–H groups in total. The van der Waals surface area contributed by atoms with Gasteiger partial charge in [0, 0.05) is 5.57 Å². The fourth-order valence-corrected chi connectivity index (χ4v) is 1.05. The molecule has 0 saturated heterocycles. The van der Waals surface area contributed by atoms with Gasteiger partial charge in [-0.15, -0.1) is 0 Å². The lowest BCUT2D eigenvalue weighted by atomic mass is 10.1. The Labute approximate surface area is 84.2 Å². The molecule has 74 valence electrons. The first-order valence-electron chi connectivity index (χ1n) is 4.52.